The molecule has 1 amide bonds. The number of anilines is 1. The lowest BCUT2D eigenvalue weighted by atomic mass is 9.96. The average molecular weight is 346 g/mol. The molecule has 2 aliphatic heterocycles. The third kappa shape index (κ3) is 4.12. The Balaban J connectivity index is 0.00000192. The lowest BCUT2D eigenvalue weighted by Gasteiger charge is -2.38. The number of halogens is 3. The molecule has 4 nitrogen and oxygen atoms in total. The highest BCUT2D eigenvalue weighted by molar-refractivity contribution is 5.85. The Bertz CT molecular complexity index is 544. The van der Waals surface area contributed by atoms with Crippen LogP contribution in [0.4, 0.5) is 14.5 Å². The van der Waals surface area contributed by atoms with Crippen molar-refractivity contribution in [2.75, 3.05) is 44.2 Å². The Kier molecular flexibility index (Phi) is 6.18. The molecule has 1 aromatic rings. The lowest BCUT2D eigenvalue weighted by molar-refractivity contribution is -0.136. The van der Waals surface area contributed by atoms with Gasteiger partial charge in [-0.3, -0.25) is 4.79 Å². The topological polar surface area (TPSA) is 35.6 Å². The molecule has 0 atom stereocenters. The number of amides is 1. The molecule has 2 heterocycles. The number of hydrogen-bond acceptors (Lipinski definition) is 3. The van der Waals surface area contributed by atoms with E-state index in [1.165, 1.54) is 6.07 Å². The van der Waals surface area contributed by atoms with E-state index in [0.29, 0.717) is 26.2 Å². The van der Waals surface area contributed by atoms with Crippen molar-refractivity contribution >= 4 is 24.0 Å². The van der Waals surface area contributed by atoms with Gasteiger partial charge in [-0.05, 0) is 38.1 Å². The van der Waals surface area contributed by atoms with Gasteiger partial charge in [0, 0.05) is 38.2 Å². The summed E-state index contributed by atoms with van der Waals surface area (Å²) in [6, 6.07) is 3.49. The van der Waals surface area contributed by atoms with Crippen molar-refractivity contribution in [3.8, 4) is 0 Å². The highest BCUT2D eigenvalue weighted by Gasteiger charge is 2.29. The molecule has 1 N–H and O–H groups in total. The van der Waals surface area contributed by atoms with Crippen molar-refractivity contribution < 1.29 is 13.6 Å². The highest BCUT2D eigenvalue weighted by Crippen LogP contribution is 2.23. The fourth-order valence-electron chi connectivity index (χ4n) is 3.22. The minimum absolute atomic E-state index is 0. The Morgan fingerprint density at radius 3 is 2.39 bits per heavy atom. The molecule has 7 heteroatoms. The van der Waals surface area contributed by atoms with E-state index < -0.39 is 11.6 Å². The smallest absolute Gasteiger partial charge is 0.225 e. The minimum atomic E-state index is -0.440. The number of carbonyl (C=O) groups is 1. The van der Waals surface area contributed by atoms with E-state index >= 15 is 0 Å². The molecule has 0 spiro atoms. The second-order valence-corrected chi connectivity index (χ2v) is 5.93. The number of carbonyl (C=O) groups excluding carboxylic acids is 1. The van der Waals surface area contributed by atoms with Gasteiger partial charge in [-0.15, -0.1) is 12.4 Å². The molecule has 0 aromatic heterocycles. The average Bonchev–Trinajstić information content (AvgIpc) is 2.57. The molecular weight excluding hydrogens is 324 g/mol. The zero-order valence-corrected chi connectivity index (χ0v) is 13.7. The maximum atomic E-state index is 13.8. The van der Waals surface area contributed by atoms with Crippen LogP contribution in [-0.4, -0.2) is 50.1 Å². The van der Waals surface area contributed by atoms with Crippen molar-refractivity contribution in [1.29, 1.82) is 0 Å². The van der Waals surface area contributed by atoms with Crippen LogP contribution in [0.25, 0.3) is 0 Å². The summed E-state index contributed by atoms with van der Waals surface area (Å²) in [5.74, 6) is -0.538. The third-order valence-corrected chi connectivity index (χ3v) is 4.53. The van der Waals surface area contributed by atoms with Gasteiger partial charge in [0.1, 0.15) is 11.6 Å². The molecule has 0 aliphatic carbocycles. The van der Waals surface area contributed by atoms with Crippen LogP contribution in [0.3, 0.4) is 0 Å². The van der Waals surface area contributed by atoms with Gasteiger partial charge in [0.15, 0.2) is 0 Å². The number of piperazine rings is 1. The maximum Gasteiger partial charge on any atom is 0.225 e. The van der Waals surface area contributed by atoms with E-state index in [0.717, 1.165) is 38.1 Å². The Morgan fingerprint density at radius 1 is 1.09 bits per heavy atom. The molecule has 1 aromatic carbocycles. The molecule has 3 rings (SSSR count). The fourth-order valence-corrected chi connectivity index (χ4v) is 3.22. The first-order chi connectivity index (χ1) is 10.6. The molecule has 0 bridgehead atoms. The molecule has 0 saturated carbocycles. The van der Waals surface area contributed by atoms with E-state index in [1.54, 1.807) is 0 Å². The molecule has 2 aliphatic rings. The summed E-state index contributed by atoms with van der Waals surface area (Å²) in [6.07, 6.45) is 1.77. The number of rotatable bonds is 2. The van der Waals surface area contributed by atoms with Gasteiger partial charge in [-0.25, -0.2) is 8.78 Å². The summed E-state index contributed by atoms with van der Waals surface area (Å²) in [6.45, 7) is 4.00. The quantitative estimate of drug-likeness (QED) is 0.891. The van der Waals surface area contributed by atoms with Crippen LogP contribution >= 0.6 is 12.4 Å². The van der Waals surface area contributed by atoms with Crippen molar-refractivity contribution in [1.82, 2.24) is 10.2 Å². The van der Waals surface area contributed by atoms with Crippen LogP contribution in [0.5, 0.6) is 0 Å². The summed E-state index contributed by atoms with van der Waals surface area (Å²) in [5, 5.41) is 3.26. The van der Waals surface area contributed by atoms with Gasteiger partial charge in [0.05, 0.1) is 5.69 Å². The van der Waals surface area contributed by atoms with Crippen LogP contribution < -0.4 is 10.2 Å². The largest absolute Gasteiger partial charge is 0.366 e. The van der Waals surface area contributed by atoms with E-state index in [9.17, 15) is 13.6 Å². The first-order valence-electron chi connectivity index (χ1n) is 7.84. The number of nitrogens with one attached hydrogen (secondary N) is 1. The minimum Gasteiger partial charge on any atom is -0.366 e. The van der Waals surface area contributed by atoms with Crippen LogP contribution in [0.2, 0.25) is 0 Å². The van der Waals surface area contributed by atoms with Crippen LogP contribution in [-0.2, 0) is 4.79 Å². The number of piperidine rings is 1. The molecule has 128 valence electrons. The van der Waals surface area contributed by atoms with Gasteiger partial charge in [0.2, 0.25) is 5.91 Å². The summed E-state index contributed by atoms with van der Waals surface area (Å²) in [7, 11) is 0. The van der Waals surface area contributed by atoms with Crippen molar-refractivity contribution in [3.63, 3.8) is 0 Å². The second-order valence-electron chi connectivity index (χ2n) is 5.93. The van der Waals surface area contributed by atoms with Gasteiger partial charge in [0.25, 0.3) is 0 Å². The molecule has 0 unspecified atom stereocenters. The van der Waals surface area contributed by atoms with Crippen LogP contribution in [0, 0.1) is 17.6 Å². The highest BCUT2D eigenvalue weighted by atomic mass is 35.5. The maximum absolute atomic E-state index is 13.8. The van der Waals surface area contributed by atoms with Gasteiger partial charge in [-0.1, -0.05) is 0 Å². The molecule has 23 heavy (non-hydrogen) atoms. The number of benzene rings is 1. The summed E-state index contributed by atoms with van der Waals surface area (Å²) in [4.78, 5) is 16.1. The SMILES string of the molecule is Cl.O=C(C1CCNCC1)N1CCN(c2cc(F)ccc2F)CC1. The molecule has 0 radical (unpaired) electrons. The van der Waals surface area contributed by atoms with Crippen molar-refractivity contribution in [2.45, 2.75) is 12.8 Å². The van der Waals surface area contributed by atoms with E-state index in [2.05, 4.69) is 5.32 Å². The first-order valence-corrected chi connectivity index (χ1v) is 7.84. The monoisotopic (exact) mass is 345 g/mol. The van der Waals surface area contributed by atoms with Crippen LogP contribution in [0.1, 0.15) is 12.8 Å². The predicted octanol–water partition coefficient (Wildman–Crippen LogP) is 2.03. The lowest BCUT2D eigenvalue weighted by Crippen LogP contribution is -2.51. The van der Waals surface area contributed by atoms with Gasteiger partial charge >= 0.3 is 0 Å². The van der Waals surface area contributed by atoms with Crippen molar-refractivity contribution in [3.05, 3.63) is 29.8 Å². The third-order valence-electron chi connectivity index (χ3n) is 4.53. The van der Waals surface area contributed by atoms with Crippen molar-refractivity contribution in [2.24, 2.45) is 5.92 Å². The number of hydrogen-bond donors (Lipinski definition) is 1. The second kappa shape index (κ2) is 7.93. The first kappa shape index (κ1) is 17.9. The van der Waals surface area contributed by atoms with E-state index in [4.69, 9.17) is 0 Å². The van der Waals surface area contributed by atoms with Crippen LogP contribution in [0.15, 0.2) is 18.2 Å². The van der Waals surface area contributed by atoms with E-state index in [1.807, 2.05) is 9.80 Å². The summed E-state index contributed by atoms with van der Waals surface area (Å²) in [5.41, 5.74) is 0.286. The predicted molar refractivity (Wildman–Crippen MR) is 88.0 cm³/mol. The standard InChI is InChI=1S/C16H21F2N3O.ClH/c17-13-1-2-14(18)15(11-13)20-7-9-21(10-8-20)16(22)12-3-5-19-6-4-12;/h1-2,11-12,19H,3-10H2;1H. The summed E-state index contributed by atoms with van der Waals surface area (Å²) >= 11 is 0. The normalized spacial score (nSPS) is 19.4. The molecular formula is C16H22ClF2N3O. The molecule has 2 fully saturated rings. The zero-order chi connectivity index (χ0) is 15.5. The Labute approximate surface area is 141 Å². The van der Waals surface area contributed by atoms with E-state index in [-0.39, 0.29) is 29.9 Å². The zero-order valence-electron chi connectivity index (χ0n) is 12.9. The van der Waals surface area contributed by atoms with Gasteiger partial charge < -0.3 is 15.1 Å². The van der Waals surface area contributed by atoms with Gasteiger partial charge in [-0.2, -0.15) is 0 Å². The Morgan fingerprint density at radius 2 is 1.74 bits per heavy atom. The fraction of sp³-hybridized carbons (Fsp3) is 0.562. The number of nitrogens with zero attached hydrogens (tertiary/aromatic N) is 2. The Hall–Kier alpha value is -1.40. The summed E-state index contributed by atoms with van der Waals surface area (Å²) < 4.78 is 27.1. The molecule has 2 saturated heterocycles.